The molecule has 2 aromatic rings. The zero-order chi connectivity index (χ0) is 16.0. The number of hydrogen-bond acceptors (Lipinski definition) is 2. The molecule has 3 heteroatoms. The summed E-state index contributed by atoms with van der Waals surface area (Å²) < 4.78 is 6.95. The summed E-state index contributed by atoms with van der Waals surface area (Å²) in [6, 6.07) is 21.1. The van der Waals surface area contributed by atoms with Gasteiger partial charge in [0.1, 0.15) is 0 Å². The van der Waals surface area contributed by atoms with Crippen molar-refractivity contribution in [2.75, 3.05) is 6.61 Å². The van der Waals surface area contributed by atoms with Crippen molar-refractivity contribution >= 4 is 27.9 Å². The molecule has 0 aliphatic carbocycles. The summed E-state index contributed by atoms with van der Waals surface area (Å²) in [6.07, 6.45) is 0.482. The van der Waals surface area contributed by atoms with E-state index in [2.05, 4.69) is 58.4 Å². The Labute approximate surface area is 137 Å². The van der Waals surface area contributed by atoms with E-state index in [1.165, 1.54) is 9.14 Å². The zero-order valence-corrected chi connectivity index (χ0v) is 16.4. The molecular formula is C19H24O2Sn. The summed E-state index contributed by atoms with van der Waals surface area (Å²) in [6.45, 7) is 2.31. The molecule has 0 radical (unpaired) electrons. The van der Waals surface area contributed by atoms with Crippen LogP contribution in [0, 0.1) is 0 Å². The van der Waals surface area contributed by atoms with Crippen LogP contribution in [-0.2, 0) is 9.53 Å². The minimum absolute atomic E-state index is 0.0861. The molecule has 0 bridgehead atoms. The fourth-order valence-corrected chi connectivity index (χ4v) is 11.9. The quantitative estimate of drug-likeness (QED) is 0.541. The van der Waals surface area contributed by atoms with Gasteiger partial charge in [0.25, 0.3) is 0 Å². The monoisotopic (exact) mass is 404 g/mol. The summed E-state index contributed by atoms with van der Waals surface area (Å²) in [5.74, 6) is -0.0861. The number of carbonyl (C=O) groups excluding carboxylic acids is 1. The summed E-state index contributed by atoms with van der Waals surface area (Å²) in [7, 11) is 0. The summed E-state index contributed by atoms with van der Waals surface area (Å²) >= 11 is -2.71. The third kappa shape index (κ3) is 4.13. The van der Waals surface area contributed by atoms with Gasteiger partial charge in [0.15, 0.2) is 0 Å². The molecule has 0 saturated heterocycles. The van der Waals surface area contributed by atoms with Gasteiger partial charge in [-0.15, -0.1) is 0 Å². The van der Waals surface area contributed by atoms with Gasteiger partial charge < -0.3 is 0 Å². The number of esters is 1. The molecule has 2 rings (SSSR count). The van der Waals surface area contributed by atoms with Gasteiger partial charge >= 0.3 is 137 Å². The van der Waals surface area contributed by atoms with Crippen molar-refractivity contribution in [1.29, 1.82) is 0 Å². The van der Waals surface area contributed by atoms with Crippen LogP contribution in [0.1, 0.15) is 22.8 Å². The Bertz CT molecular complexity index is 593. The van der Waals surface area contributed by atoms with Gasteiger partial charge in [0.2, 0.25) is 0 Å². The predicted octanol–water partition coefficient (Wildman–Crippen LogP) is 3.88. The van der Waals surface area contributed by atoms with Crippen LogP contribution in [0.4, 0.5) is 0 Å². The van der Waals surface area contributed by atoms with Crippen LogP contribution in [0.15, 0.2) is 60.7 Å². The van der Waals surface area contributed by atoms with Crippen LogP contribution in [-0.4, -0.2) is 31.0 Å². The van der Waals surface area contributed by atoms with Crippen LogP contribution in [0.25, 0.3) is 0 Å². The number of carbonyl (C=O) groups is 1. The molecule has 22 heavy (non-hydrogen) atoms. The van der Waals surface area contributed by atoms with E-state index in [1.54, 1.807) is 0 Å². The van der Waals surface area contributed by atoms with Crippen LogP contribution in [0.3, 0.4) is 0 Å². The molecule has 1 unspecified atom stereocenters. The molecule has 0 aliphatic heterocycles. The van der Waals surface area contributed by atoms with E-state index < -0.39 is 18.4 Å². The van der Waals surface area contributed by atoms with Gasteiger partial charge in [-0.05, 0) is 0 Å². The van der Waals surface area contributed by atoms with Crippen LogP contribution >= 0.6 is 0 Å². The molecule has 0 heterocycles. The molecule has 2 nitrogen and oxygen atoms in total. The van der Waals surface area contributed by atoms with Gasteiger partial charge in [0, 0.05) is 0 Å². The molecule has 116 valence electrons. The minimum atomic E-state index is -2.71. The van der Waals surface area contributed by atoms with Crippen molar-refractivity contribution in [1.82, 2.24) is 0 Å². The van der Waals surface area contributed by atoms with Gasteiger partial charge in [-0.3, -0.25) is 0 Å². The van der Waals surface area contributed by atoms with E-state index in [0.29, 0.717) is 13.0 Å². The number of benzene rings is 2. The Morgan fingerprint density at radius 2 is 1.55 bits per heavy atom. The molecule has 0 aliphatic rings. The first-order valence-corrected chi connectivity index (χ1v) is 16.6. The van der Waals surface area contributed by atoms with Crippen molar-refractivity contribution in [2.24, 2.45) is 0 Å². The maximum absolute atomic E-state index is 12.1. The topological polar surface area (TPSA) is 26.3 Å². The summed E-state index contributed by atoms with van der Waals surface area (Å²) in [5.41, 5.74) is 1.26. The molecule has 0 fully saturated rings. The van der Waals surface area contributed by atoms with Crippen molar-refractivity contribution in [3.63, 3.8) is 0 Å². The first-order chi connectivity index (χ1) is 10.6. The number of ether oxygens (including phenoxy) is 1. The van der Waals surface area contributed by atoms with Crippen molar-refractivity contribution in [2.45, 2.75) is 27.2 Å². The van der Waals surface area contributed by atoms with Gasteiger partial charge in [-0.2, -0.15) is 0 Å². The molecule has 0 spiro atoms. The van der Waals surface area contributed by atoms with Crippen molar-refractivity contribution < 1.29 is 9.53 Å². The second-order valence-corrected chi connectivity index (χ2v) is 19.5. The molecule has 0 amide bonds. The fourth-order valence-electron chi connectivity index (χ4n) is 2.93. The first kappa shape index (κ1) is 17.1. The average Bonchev–Trinajstić information content (AvgIpc) is 2.54. The van der Waals surface area contributed by atoms with Gasteiger partial charge in [-0.25, -0.2) is 0 Å². The Balaban J connectivity index is 2.37. The second kappa shape index (κ2) is 7.82. The Hall–Kier alpha value is -1.29. The van der Waals surface area contributed by atoms with Crippen LogP contribution < -0.4 is 3.58 Å². The Morgan fingerprint density at radius 1 is 1.00 bits per heavy atom. The SMILES string of the molecule is CCOC(=O)C[CH](c1ccccc1)[Sn]([CH3])([CH3])[c]1ccccc1. The normalized spacial score (nSPS) is 12.7. The first-order valence-electron chi connectivity index (χ1n) is 7.81. The fraction of sp³-hybridized carbons (Fsp3) is 0.316. The van der Waals surface area contributed by atoms with Gasteiger partial charge in [0.05, 0.1) is 0 Å². The molecular weight excluding hydrogens is 379 g/mol. The molecule has 2 aromatic carbocycles. The summed E-state index contributed by atoms with van der Waals surface area (Å²) in [5, 5.41) is 0. The van der Waals surface area contributed by atoms with Crippen molar-refractivity contribution in [3.05, 3.63) is 66.2 Å². The van der Waals surface area contributed by atoms with E-state index in [4.69, 9.17) is 4.74 Å². The Morgan fingerprint density at radius 3 is 2.09 bits per heavy atom. The third-order valence-electron chi connectivity index (χ3n) is 4.27. The van der Waals surface area contributed by atoms with Crippen molar-refractivity contribution in [3.8, 4) is 0 Å². The van der Waals surface area contributed by atoms with Crippen LogP contribution in [0.2, 0.25) is 9.88 Å². The number of hydrogen-bond donors (Lipinski definition) is 0. The Kier molecular flexibility index (Phi) is 6.06. The summed E-state index contributed by atoms with van der Waals surface area (Å²) in [4.78, 5) is 16.9. The zero-order valence-electron chi connectivity index (χ0n) is 13.6. The molecule has 0 N–H and O–H groups in total. The van der Waals surface area contributed by atoms with E-state index in [-0.39, 0.29) is 9.90 Å². The van der Waals surface area contributed by atoms with E-state index in [0.717, 1.165) is 0 Å². The second-order valence-electron chi connectivity index (χ2n) is 6.06. The van der Waals surface area contributed by atoms with E-state index in [1.807, 2.05) is 19.1 Å². The standard InChI is InChI=1S/C11H13O2.C6H5.2CH3.Sn/c1-2-13-11(12)9-8-10-6-4-3-5-7-10;1-2-4-6-5-3-1;;;/h3-8H,2,9H2,1H3;1-5H;2*1H3;. The maximum atomic E-state index is 12.1. The molecule has 0 aromatic heterocycles. The van der Waals surface area contributed by atoms with E-state index in [9.17, 15) is 4.79 Å². The third-order valence-corrected chi connectivity index (χ3v) is 16.0. The number of rotatable bonds is 6. The average molecular weight is 403 g/mol. The predicted molar refractivity (Wildman–Crippen MR) is 94.0 cm³/mol. The van der Waals surface area contributed by atoms with E-state index >= 15 is 0 Å². The molecule has 0 saturated carbocycles. The van der Waals surface area contributed by atoms with Gasteiger partial charge in [-0.1, -0.05) is 0 Å². The molecule has 1 atom stereocenters. The van der Waals surface area contributed by atoms with Crippen LogP contribution in [0.5, 0.6) is 0 Å².